The van der Waals surface area contributed by atoms with Crippen LogP contribution in [0.4, 0.5) is 13.2 Å². The van der Waals surface area contributed by atoms with Gasteiger partial charge in [0.2, 0.25) is 0 Å². The second-order valence-corrected chi connectivity index (χ2v) is 11.2. The lowest BCUT2D eigenvalue weighted by Crippen LogP contribution is -2.48. The van der Waals surface area contributed by atoms with E-state index >= 15 is 0 Å². The molecule has 1 aliphatic heterocycles. The van der Waals surface area contributed by atoms with Crippen molar-refractivity contribution in [1.82, 2.24) is 20.5 Å². The summed E-state index contributed by atoms with van der Waals surface area (Å²) >= 11 is 0. The van der Waals surface area contributed by atoms with Gasteiger partial charge in [0.25, 0.3) is 11.8 Å². The molecule has 0 saturated carbocycles. The number of rotatable bonds is 12. The third-order valence-corrected chi connectivity index (χ3v) is 7.87. The van der Waals surface area contributed by atoms with Crippen LogP contribution in [-0.2, 0) is 13.0 Å². The summed E-state index contributed by atoms with van der Waals surface area (Å²) in [7, 11) is 0. The molecule has 1 aliphatic rings. The predicted octanol–water partition coefficient (Wildman–Crippen LogP) is 5.45. The van der Waals surface area contributed by atoms with Gasteiger partial charge in [-0.05, 0) is 78.4 Å². The highest BCUT2D eigenvalue weighted by Gasteiger charge is 2.32. The Bertz CT molecular complexity index is 1600. The summed E-state index contributed by atoms with van der Waals surface area (Å²) in [6, 6.07) is 24.5. The molecule has 3 N–H and O–H groups in total. The van der Waals surface area contributed by atoms with Crippen LogP contribution in [0.3, 0.4) is 0 Å². The van der Waals surface area contributed by atoms with Crippen molar-refractivity contribution in [3.8, 4) is 5.75 Å². The maximum Gasteiger partial charge on any atom is 0.573 e. The van der Waals surface area contributed by atoms with Crippen molar-refractivity contribution in [3.05, 3.63) is 131 Å². The third-order valence-electron chi connectivity index (χ3n) is 7.87. The van der Waals surface area contributed by atoms with Crippen molar-refractivity contribution in [1.29, 1.82) is 0 Å². The number of benzene rings is 3. The standard InChI is InChI=1S/C35H35F3N4O4/c36-35(37,38)46-29-12-4-9-25(19-29)22-40-23-32(43)30(20-24-7-2-1-3-8-24)41-33(44)27-10-5-11-28(21-27)34(45)42-18-6-13-31(42)26-14-16-39-17-15-26/h1-5,7-12,14-17,19,21,30-32,40,43H,6,13,18,20,22-23H2,(H,41,44)/t30-,31?,32+/m0/s1. The van der Waals surface area contributed by atoms with E-state index in [0.717, 1.165) is 24.0 Å². The number of nitrogens with one attached hydrogen (secondary N) is 2. The first-order chi connectivity index (χ1) is 22.2. The summed E-state index contributed by atoms with van der Waals surface area (Å²) in [5.41, 5.74) is 3.12. The number of carbonyl (C=O) groups is 2. The molecular weight excluding hydrogens is 597 g/mol. The Morgan fingerprint density at radius 2 is 1.65 bits per heavy atom. The normalized spacial score (nSPS) is 16.1. The number of ether oxygens (including phenoxy) is 1. The fourth-order valence-electron chi connectivity index (χ4n) is 5.66. The first-order valence-electron chi connectivity index (χ1n) is 15.1. The first kappa shape index (κ1) is 32.6. The number of aromatic nitrogens is 1. The van der Waals surface area contributed by atoms with E-state index < -0.39 is 24.4 Å². The Labute approximate surface area is 265 Å². The smallest absolute Gasteiger partial charge is 0.406 e. The van der Waals surface area contributed by atoms with Crippen LogP contribution in [0.2, 0.25) is 0 Å². The van der Waals surface area contributed by atoms with Gasteiger partial charge in [0.1, 0.15) is 5.75 Å². The molecule has 1 fully saturated rings. The molecule has 0 radical (unpaired) electrons. The van der Waals surface area contributed by atoms with Gasteiger partial charge in [0.15, 0.2) is 0 Å². The van der Waals surface area contributed by atoms with Crippen LogP contribution in [0.5, 0.6) is 5.75 Å². The lowest BCUT2D eigenvalue weighted by Gasteiger charge is -2.26. The molecular formula is C35H35F3N4O4. The van der Waals surface area contributed by atoms with Gasteiger partial charge in [-0.15, -0.1) is 13.2 Å². The first-order valence-corrected chi connectivity index (χ1v) is 15.1. The van der Waals surface area contributed by atoms with Crippen LogP contribution in [0.15, 0.2) is 103 Å². The number of likely N-dealkylation sites (tertiary alicyclic amines) is 1. The second kappa shape index (κ2) is 15.0. The topological polar surface area (TPSA) is 104 Å². The molecule has 46 heavy (non-hydrogen) atoms. The van der Waals surface area contributed by atoms with Crippen molar-refractivity contribution in [2.75, 3.05) is 13.1 Å². The van der Waals surface area contributed by atoms with Crippen molar-refractivity contribution in [3.63, 3.8) is 0 Å². The Balaban J connectivity index is 1.25. The van der Waals surface area contributed by atoms with Gasteiger partial charge in [0.05, 0.1) is 18.2 Å². The summed E-state index contributed by atoms with van der Waals surface area (Å²) in [5.74, 6) is -0.942. The molecule has 4 aromatic rings. The molecule has 3 aromatic carbocycles. The average Bonchev–Trinajstić information content (AvgIpc) is 3.55. The Morgan fingerprint density at radius 1 is 0.935 bits per heavy atom. The van der Waals surface area contributed by atoms with Crippen molar-refractivity contribution < 1.29 is 32.6 Å². The number of nitrogens with zero attached hydrogens (tertiary/aromatic N) is 2. The summed E-state index contributed by atoms with van der Waals surface area (Å²) in [6.07, 6.45) is -0.383. The summed E-state index contributed by atoms with van der Waals surface area (Å²) in [6.45, 7) is 0.825. The Morgan fingerprint density at radius 3 is 2.41 bits per heavy atom. The molecule has 5 rings (SSSR count). The zero-order valence-corrected chi connectivity index (χ0v) is 25.0. The minimum Gasteiger partial charge on any atom is -0.406 e. The van der Waals surface area contributed by atoms with E-state index in [1.807, 2.05) is 47.4 Å². The Kier molecular flexibility index (Phi) is 10.7. The van der Waals surface area contributed by atoms with Gasteiger partial charge < -0.3 is 25.4 Å². The van der Waals surface area contributed by atoms with Gasteiger partial charge in [-0.1, -0.05) is 48.5 Å². The van der Waals surface area contributed by atoms with Crippen LogP contribution in [-0.4, -0.2) is 58.4 Å². The molecule has 8 nitrogen and oxygen atoms in total. The average molecular weight is 633 g/mol. The van der Waals surface area contributed by atoms with Gasteiger partial charge >= 0.3 is 6.36 Å². The van der Waals surface area contributed by atoms with E-state index in [4.69, 9.17) is 0 Å². The van der Waals surface area contributed by atoms with E-state index in [0.29, 0.717) is 24.1 Å². The molecule has 3 atom stereocenters. The minimum absolute atomic E-state index is 0.0476. The predicted molar refractivity (Wildman–Crippen MR) is 166 cm³/mol. The molecule has 0 bridgehead atoms. The maximum absolute atomic E-state index is 13.6. The molecule has 1 unspecified atom stereocenters. The second-order valence-electron chi connectivity index (χ2n) is 11.2. The van der Waals surface area contributed by atoms with Gasteiger partial charge in [0, 0.05) is 43.2 Å². The molecule has 1 saturated heterocycles. The Hall–Kier alpha value is -4.74. The van der Waals surface area contributed by atoms with Crippen molar-refractivity contribution in [2.45, 2.75) is 50.4 Å². The number of aliphatic hydroxyl groups is 1. The molecule has 2 amide bonds. The van der Waals surface area contributed by atoms with Crippen LogP contribution in [0, 0.1) is 0 Å². The van der Waals surface area contributed by atoms with Crippen LogP contribution in [0.1, 0.15) is 56.3 Å². The number of carbonyl (C=O) groups excluding carboxylic acids is 2. The fraction of sp³-hybridized carbons (Fsp3) is 0.286. The lowest BCUT2D eigenvalue weighted by atomic mass is 10.00. The SMILES string of the molecule is O=C(N[C@@H](Cc1ccccc1)[C@H](O)CNCc1cccc(OC(F)(F)F)c1)c1cccc(C(=O)N2CCCC2c2ccncc2)c1. The summed E-state index contributed by atoms with van der Waals surface area (Å²) < 4.78 is 41.8. The molecule has 0 spiro atoms. The third kappa shape index (κ3) is 8.92. The van der Waals surface area contributed by atoms with E-state index in [1.54, 1.807) is 42.7 Å². The number of hydrogen-bond acceptors (Lipinski definition) is 6. The molecule has 240 valence electrons. The highest BCUT2D eigenvalue weighted by atomic mass is 19.4. The molecule has 0 aliphatic carbocycles. The highest BCUT2D eigenvalue weighted by molar-refractivity contribution is 6.00. The molecule has 1 aromatic heterocycles. The number of alkyl halides is 3. The van der Waals surface area contributed by atoms with E-state index in [-0.39, 0.29) is 36.4 Å². The highest BCUT2D eigenvalue weighted by Crippen LogP contribution is 2.33. The van der Waals surface area contributed by atoms with Crippen LogP contribution in [0.25, 0.3) is 0 Å². The number of aliphatic hydroxyl groups excluding tert-OH is 1. The van der Waals surface area contributed by atoms with Crippen LogP contribution >= 0.6 is 0 Å². The number of hydrogen-bond donors (Lipinski definition) is 3. The van der Waals surface area contributed by atoms with Gasteiger partial charge in [-0.3, -0.25) is 14.6 Å². The molecule has 11 heteroatoms. The summed E-state index contributed by atoms with van der Waals surface area (Å²) in [4.78, 5) is 33.0. The fourth-order valence-corrected chi connectivity index (χ4v) is 5.66. The summed E-state index contributed by atoms with van der Waals surface area (Å²) in [5, 5.41) is 17.1. The van der Waals surface area contributed by atoms with E-state index in [1.165, 1.54) is 18.2 Å². The number of amides is 2. The minimum atomic E-state index is -4.80. The van der Waals surface area contributed by atoms with E-state index in [2.05, 4.69) is 20.4 Å². The number of pyridine rings is 1. The quantitative estimate of drug-likeness (QED) is 0.192. The molecule has 2 heterocycles. The maximum atomic E-state index is 13.6. The largest absolute Gasteiger partial charge is 0.573 e. The van der Waals surface area contributed by atoms with Gasteiger partial charge in [-0.2, -0.15) is 0 Å². The van der Waals surface area contributed by atoms with Crippen molar-refractivity contribution in [2.24, 2.45) is 0 Å². The lowest BCUT2D eigenvalue weighted by molar-refractivity contribution is -0.274. The number of halogens is 3. The van der Waals surface area contributed by atoms with Crippen molar-refractivity contribution >= 4 is 11.8 Å². The van der Waals surface area contributed by atoms with Gasteiger partial charge in [-0.25, -0.2) is 0 Å². The zero-order valence-electron chi connectivity index (χ0n) is 25.0. The van der Waals surface area contributed by atoms with E-state index in [9.17, 15) is 27.9 Å². The monoisotopic (exact) mass is 632 g/mol. The zero-order chi connectivity index (χ0) is 32.5. The van der Waals surface area contributed by atoms with Crippen LogP contribution < -0.4 is 15.4 Å².